The Balaban J connectivity index is 3.17. The molecule has 0 radical (unpaired) electrons. The van der Waals surface area contributed by atoms with Gasteiger partial charge in [-0.25, -0.2) is 13.8 Å². The normalized spacial score (nSPS) is 12.0. The van der Waals surface area contributed by atoms with Crippen molar-refractivity contribution in [3.05, 3.63) is 22.3 Å². The van der Waals surface area contributed by atoms with Gasteiger partial charge in [-0.15, -0.1) is 13.2 Å². The van der Waals surface area contributed by atoms with Crippen molar-refractivity contribution in [3.63, 3.8) is 0 Å². The molecule has 90 valence electrons. The van der Waals surface area contributed by atoms with E-state index in [-0.39, 0.29) is 10.6 Å². The molecule has 8 heteroatoms. The van der Waals surface area contributed by atoms with E-state index in [4.69, 9.17) is 11.6 Å². The van der Waals surface area contributed by atoms with Gasteiger partial charge in [0.15, 0.2) is 0 Å². The summed E-state index contributed by atoms with van der Waals surface area (Å²) in [7, 11) is 0. The molecule has 0 aliphatic rings. The summed E-state index contributed by atoms with van der Waals surface area (Å²) in [5, 5.41) is -0.260. The minimum Gasteiger partial charge on any atom is -0.388 e. The minimum absolute atomic E-state index is 0.150. The molecule has 0 aliphatic carbocycles. The lowest BCUT2D eigenvalue weighted by atomic mass is 10.2. The lowest BCUT2D eigenvalue weighted by Gasteiger charge is -2.12. The lowest BCUT2D eigenvalue weighted by Crippen LogP contribution is -2.19. The SMILES string of the molecule is Cc1c(Cl)cc(C(F)F)nc1OC(F)(F)F. The molecule has 0 atom stereocenters. The Kier molecular flexibility index (Phi) is 3.57. The number of nitrogens with zero attached hydrogens (tertiary/aromatic N) is 1. The van der Waals surface area contributed by atoms with Crippen LogP contribution in [0.1, 0.15) is 17.7 Å². The number of aromatic nitrogens is 1. The molecule has 0 amide bonds. The fourth-order valence-electron chi connectivity index (χ4n) is 0.894. The predicted octanol–water partition coefficient (Wildman–Crippen LogP) is 3.88. The summed E-state index contributed by atoms with van der Waals surface area (Å²) in [6, 6.07) is 0.796. The van der Waals surface area contributed by atoms with Gasteiger partial charge in [0.05, 0.1) is 5.02 Å². The first-order valence-corrected chi connectivity index (χ1v) is 4.29. The van der Waals surface area contributed by atoms with Gasteiger partial charge >= 0.3 is 6.36 Å². The van der Waals surface area contributed by atoms with E-state index >= 15 is 0 Å². The van der Waals surface area contributed by atoms with Gasteiger partial charge in [0.2, 0.25) is 5.88 Å². The standard InChI is InChI=1S/C8H5ClF5NO/c1-3-4(9)2-5(6(10)11)15-7(3)16-8(12,13)14/h2,6H,1H3. The number of halogens is 6. The third-order valence-electron chi connectivity index (χ3n) is 1.62. The minimum atomic E-state index is -5.00. The number of ether oxygens (including phenoxy) is 1. The van der Waals surface area contributed by atoms with Crippen LogP contribution in [0.3, 0.4) is 0 Å². The highest BCUT2D eigenvalue weighted by Crippen LogP contribution is 2.31. The Morgan fingerprint density at radius 1 is 1.38 bits per heavy atom. The van der Waals surface area contributed by atoms with Crippen molar-refractivity contribution < 1.29 is 26.7 Å². The van der Waals surface area contributed by atoms with Crippen molar-refractivity contribution in [2.45, 2.75) is 19.7 Å². The highest BCUT2D eigenvalue weighted by Gasteiger charge is 2.33. The maximum Gasteiger partial charge on any atom is 0.574 e. The fraction of sp³-hybridized carbons (Fsp3) is 0.375. The molecule has 0 aromatic carbocycles. The number of hydrogen-bond acceptors (Lipinski definition) is 2. The van der Waals surface area contributed by atoms with Gasteiger partial charge in [-0.05, 0) is 13.0 Å². The number of alkyl halides is 5. The summed E-state index contributed by atoms with van der Waals surface area (Å²) in [6.45, 7) is 1.19. The lowest BCUT2D eigenvalue weighted by molar-refractivity contribution is -0.276. The van der Waals surface area contributed by atoms with Crippen LogP contribution >= 0.6 is 11.6 Å². The van der Waals surface area contributed by atoms with Gasteiger partial charge in [-0.2, -0.15) is 0 Å². The molecule has 0 N–H and O–H groups in total. The van der Waals surface area contributed by atoms with E-state index in [0.29, 0.717) is 0 Å². The molecule has 1 rings (SSSR count). The third kappa shape index (κ3) is 3.19. The molecule has 0 bridgehead atoms. The largest absolute Gasteiger partial charge is 0.574 e. The third-order valence-corrected chi connectivity index (χ3v) is 2.01. The molecule has 1 aromatic heterocycles. The van der Waals surface area contributed by atoms with Crippen molar-refractivity contribution in [2.75, 3.05) is 0 Å². The molecular formula is C8H5ClF5NO. The van der Waals surface area contributed by atoms with E-state index in [1.54, 1.807) is 0 Å². The van der Waals surface area contributed by atoms with Gasteiger partial charge < -0.3 is 4.74 Å². The zero-order valence-electron chi connectivity index (χ0n) is 7.78. The highest BCUT2D eigenvalue weighted by atomic mass is 35.5. The highest BCUT2D eigenvalue weighted by molar-refractivity contribution is 6.31. The van der Waals surface area contributed by atoms with E-state index < -0.39 is 24.4 Å². The van der Waals surface area contributed by atoms with E-state index in [1.807, 2.05) is 0 Å². The Bertz CT molecular complexity index is 393. The van der Waals surface area contributed by atoms with Crippen molar-refractivity contribution in [1.29, 1.82) is 0 Å². The zero-order valence-corrected chi connectivity index (χ0v) is 8.53. The van der Waals surface area contributed by atoms with Crippen molar-refractivity contribution in [1.82, 2.24) is 4.98 Å². The Labute approximate surface area is 92.0 Å². The van der Waals surface area contributed by atoms with Gasteiger partial charge in [-0.3, -0.25) is 0 Å². The Hall–Kier alpha value is -1.11. The van der Waals surface area contributed by atoms with Crippen LogP contribution in [0.15, 0.2) is 6.07 Å². The number of rotatable bonds is 2. The maximum absolute atomic E-state index is 12.2. The van der Waals surface area contributed by atoms with Gasteiger partial charge in [-0.1, -0.05) is 11.6 Å². The Morgan fingerprint density at radius 2 is 1.94 bits per heavy atom. The molecule has 2 nitrogen and oxygen atoms in total. The van der Waals surface area contributed by atoms with Crippen LogP contribution in [0, 0.1) is 6.92 Å². The second-order valence-corrected chi connectivity index (χ2v) is 3.21. The van der Waals surface area contributed by atoms with Crippen LogP contribution in [0.2, 0.25) is 5.02 Å². The summed E-state index contributed by atoms with van der Waals surface area (Å²) in [6.07, 6.45) is -8.02. The number of pyridine rings is 1. The molecular weight excluding hydrogens is 257 g/mol. The summed E-state index contributed by atoms with van der Waals surface area (Å²) >= 11 is 5.47. The van der Waals surface area contributed by atoms with Crippen LogP contribution in [0.4, 0.5) is 22.0 Å². The van der Waals surface area contributed by atoms with Crippen LogP contribution in [0.25, 0.3) is 0 Å². The summed E-state index contributed by atoms with van der Waals surface area (Å²) in [4.78, 5) is 3.04. The average Bonchev–Trinajstić information content (AvgIpc) is 2.10. The first-order chi connectivity index (χ1) is 7.20. The molecule has 0 aliphatic heterocycles. The zero-order chi connectivity index (χ0) is 12.5. The predicted molar refractivity (Wildman–Crippen MR) is 45.6 cm³/mol. The van der Waals surface area contributed by atoms with Crippen LogP contribution in [-0.2, 0) is 0 Å². The van der Waals surface area contributed by atoms with Crippen molar-refractivity contribution >= 4 is 11.6 Å². The van der Waals surface area contributed by atoms with Gasteiger partial charge in [0.25, 0.3) is 6.43 Å². The number of hydrogen-bond donors (Lipinski definition) is 0. The quantitative estimate of drug-likeness (QED) is 0.754. The van der Waals surface area contributed by atoms with E-state index in [0.717, 1.165) is 6.07 Å². The van der Waals surface area contributed by atoms with Crippen molar-refractivity contribution in [3.8, 4) is 5.88 Å². The van der Waals surface area contributed by atoms with Crippen LogP contribution in [-0.4, -0.2) is 11.3 Å². The van der Waals surface area contributed by atoms with Gasteiger partial charge in [0, 0.05) is 5.56 Å². The summed E-state index contributed by atoms with van der Waals surface area (Å²) in [5.74, 6) is -0.963. The van der Waals surface area contributed by atoms with Gasteiger partial charge in [0.1, 0.15) is 5.69 Å². The Morgan fingerprint density at radius 3 is 2.38 bits per heavy atom. The topological polar surface area (TPSA) is 22.1 Å². The van der Waals surface area contributed by atoms with Crippen molar-refractivity contribution in [2.24, 2.45) is 0 Å². The van der Waals surface area contributed by atoms with E-state index in [1.165, 1.54) is 6.92 Å². The summed E-state index contributed by atoms with van der Waals surface area (Å²) < 4.78 is 63.6. The van der Waals surface area contributed by atoms with E-state index in [2.05, 4.69) is 9.72 Å². The first-order valence-electron chi connectivity index (χ1n) is 3.91. The smallest absolute Gasteiger partial charge is 0.388 e. The maximum atomic E-state index is 12.2. The summed E-state index contributed by atoms with van der Waals surface area (Å²) in [5.41, 5.74) is -1.02. The second kappa shape index (κ2) is 4.40. The molecule has 1 aromatic rings. The molecule has 0 unspecified atom stereocenters. The molecule has 0 saturated carbocycles. The fourth-order valence-corrected chi connectivity index (χ4v) is 1.09. The van der Waals surface area contributed by atoms with E-state index in [9.17, 15) is 22.0 Å². The first kappa shape index (κ1) is 13.0. The van der Waals surface area contributed by atoms with Crippen LogP contribution in [0.5, 0.6) is 5.88 Å². The molecule has 16 heavy (non-hydrogen) atoms. The average molecular weight is 262 g/mol. The molecule has 1 heterocycles. The van der Waals surface area contributed by atoms with Crippen LogP contribution < -0.4 is 4.74 Å². The molecule has 0 saturated heterocycles. The monoisotopic (exact) mass is 261 g/mol. The second-order valence-electron chi connectivity index (χ2n) is 2.81. The molecule has 0 fully saturated rings. The molecule has 0 spiro atoms.